The summed E-state index contributed by atoms with van der Waals surface area (Å²) in [4.78, 5) is 32.5. The number of aliphatic carboxylic acids is 1. The second-order valence-electron chi connectivity index (χ2n) is 3.86. The molecule has 0 saturated carbocycles. The number of carboxylic acid groups (broad SMARTS) is 1. The van der Waals surface area contributed by atoms with Gasteiger partial charge in [-0.25, -0.2) is 4.79 Å². The van der Waals surface area contributed by atoms with Crippen molar-refractivity contribution in [3.63, 3.8) is 0 Å². The Bertz CT molecular complexity index is 277. The first-order valence-electron chi connectivity index (χ1n) is 4.85. The molecule has 0 aromatic carbocycles. The number of amides is 1. The van der Waals surface area contributed by atoms with Crippen molar-refractivity contribution in [3.8, 4) is 0 Å². The number of hydrogen-bond donors (Lipinski definition) is 3. The van der Waals surface area contributed by atoms with Crippen LogP contribution in [-0.4, -0.2) is 40.3 Å². The van der Waals surface area contributed by atoms with Crippen molar-refractivity contribution in [3.05, 3.63) is 4.91 Å². The van der Waals surface area contributed by atoms with E-state index < -0.39 is 30.1 Å². The second kappa shape index (κ2) is 6.16. The third-order valence-electron chi connectivity index (χ3n) is 2.06. The number of carbonyl (C=O) groups is 2. The summed E-state index contributed by atoms with van der Waals surface area (Å²) in [7, 11) is 0. The molecule has 92 valence electrons. The van der Waals surface area contributed by atoms with Gasteiger partial charge in [0.15, 0.2) is 12.1 Å². The first kappa shape index (κ1) is 14.5. The minimum absolute atomic E-state index is 0.332. The zero-order valence-corrected chi connectivity index (χ0v) is 9.38. The highest BCUT2D eigenvalue weighted by atomic mass is 16.4. The van der Waals surface area contributed by atoms with Gasteiger partial charge in [0.1, 0.15) is 0 Å². The fourth-order valence-electron chi connectivity index (χ4n) is 1.10. The maximum atomic E-state index is 11.5. The predicted octanol–water partition coefficient (Wildman–Crippen LogP) is -0.272. The fourth-order valence-corrected chi connectivity index (χ4v) is 1.10. The van der Waals surface area contributed by atoms with Crippen LogP contribution in [0.4, 0.5) is 0 Å². The molecule has 0 aromatic rings. The van der Waals surface area contributed by atoms with Crippen molar-refractivity contribution in [2.24, 2.45) is 11.1 Å². The summed E-state index contributed by atoms with van der Waals surface area (Å²) in [5.41, 5.74) is 0. The van der Waals surface area contributed by atoms with Gasteiger partial charge in [-0.05, 0) is 12.8 Å². The smallest absolute Gasteiger partial charge is 0.328 e. The quantitative estimate of drug-likeness (QED) is 0.545. The van der Waals surface area contributed by atoms with Crippen molar-refractivity contribution in [1.29, 1.82) is 0 Å². The Morgan fingerprint density at radius 2 is 1.75 bits per heavy atom. The van der Waals surface area contributed by atoms with E-state index in [2.05, 4.69) is 10.5 Å². The van der Waals surface area contributed by atoms with Gasteiger partial charge < -0.3 is 15.5 Å². The highest BCUT2D eigenvalue weighted by Crippen LogP contribution is 2.07. The topological polar surface area (TPSA) is 116 Å². The fraction of sp³-hybridized carbons (Fsp3) is 0.778. The first-order valence-corrected chi connectivity index (χ1v) is 4.85. The Balaban J connectivity index is 4.62. The van der Waals surface area contributed by atoms with Crippen LogP contribution in [0.25, 0.3) is 0 Å². The number of nitrogens with zero attached hydrogens (tertiary/aromatic N) is 1. The SMILES string of the molecule is CC(C)[C@H](N=O)C(=O)N[C@H](C(=O)O)[C@@H](C)O. The molecule has 0 aliphatic rings. The third-order valence-corrected chi connectivity index (χ3v) is 2.06. The highest BCUT2D eigenvalue weighted by Gasteiger charge is 2.30. The third kappa shape index (κ3) is 3.93. The summed E-state index contributed by atoms with van der Waals surface area (Å²) in [6, 6.07) is -2.59. The minimum atomic E-state index is -1.43. The molecule has 16 heavy (non-hydrogen) atoms. The van der Waals surface area contributed by atoms with E-state index in [1.54, 1.807) is 13.8 Å². The number of nitroso groups, excluding NO2 is 1. The molecule has 0 bridgehead atoms. The monoisotopic (exact) mass is 232 g/mol. The number of carboxylic acids is 1. The molecule has 0 spiro atoms. The number of aliphatic hydroxyl groups excluding tert-OH is 1. The molecule has 0 aliphatic heterocycles. The van der Waals surface area contributed by atoms with Crippen LogP contribution in [0.2, 0.25) is 0 Å². The summed E-state index contributed by atoms with van der Waals surface area (Å²) >= 11 is 0. The van der Waals surface area contributed by atoms with E-state index >= 15 is 0 Å². The Morgan fingerprint density at radius 1 is 1.25 bits per heavy atom. The largest absolute Gasteiger partial charge is 0.480 e. The molecule has 0 rings (SSSR count). The molecule has 3 atom stereocenters. The zero-order chi connectivity index (χ0) is 12.9. The molecular formula is C9H16N2O5. The van der Waals surface area contributed by atoms with E-state index in [1.807, 2.05) is 0 Å². The van der Waals surface area contributed by atoms with Gasteiger partial charge in [-0.1, -0.05) is 19.0 Å². The number of aliphatic hydroxyl groups is 1. The van der Waals surface area contributed by atoms with Gasteiger partial charge in [0.2, 0.25) is 5.91 Å². The summed E-state index contributed by atoms with van der Waals surface area (Å²) < 4.78 is 0. The standard InChI is InChI=1S/C9H16N2O5/c1-4(2)6(11-16)8(13)10-7(5(3)12)9(14)15/h4-7,12H,1-3H3,(H,10,13)(H,14,15)/t5-,6+,7+/m1/s1. The van der Waals surface area contributed by atoms with E-state index in [4.69, 9.17) is 10.2 Å². The van der Waals surface area contributed by atoms with Crippen molar-refractivity contribution < 1.29 is 19.8 Å². The average Bonchev–Trinajstić information content (AvgIpc) is 2.13. The van der Waals surface area contributed by atoms with E-state index in [-0.39, 0.29) is 5.92 Å². The van der Waals surface area contributed by atoms with Crippen LogP contribution in [0, 0.1) is 10.8 Å². The van der Waals surface area contributed by atoms with E-state index in [0.29, 0.717) is 0 Å². The van der Waals surface area contributed by atoms with Crippen molar-refractivity contribution >= 4 is 11.9 Å². The molecule has 0 heterocycles. The number of hydrogen-bond acceptors (Lipinski definition) is 5. The molecule has 3 N–H and O–H groups in total. The normalized spacial score (nSPS) is 16.3. The van der Waals surface area contributed by atoms with Gasteiger partial charge in [-0.15, -0.1) is 4.91 Å². The Morgan fingerprint density at radius 3 is 2.00 bits per heavy atom. The van der Waals surface area contributed by atoms with Crippen molar-refractivity contribution in [2.75, 3.05) is 0 Å². The van der Waals surface area contributed by atoms with Gasteiger partial charge >= 0.3 is 5.97 Å². The predicted molar refractivity (Wildman–Crippen MR) is 55.7 cm³/mol. The van der Waals surface area contributed by atoms with Gasteiger partial charge in [0.05, 0.1) is 6.10 Å². The molecule has 1 amide bonds. The number of rotatable bonds is 6. The summed E-state index contributed by atoms with van der Waals surface area (Å²) in [6.45, 7) is 4.46. The lowest BCUT2D eigenvalue weighted by Crippen LogP contribution is -2.51. The number of nitrogens with one attached hydrogen (secondary N) is 1. The lowest BCUT2D eigenvalue weighted by molar-refractivity contribution is -0.145. The number of carbonyl (C=O) groups excluding carboxylic acids is 1. The maximum absolute atomic E-state index is 11.5. The first-order chi connectivity index (χ1) is 7.31. The van der Waals surface area contributed by atoms with Crippen LogP contribution in [0.15, 0.2) is 5.18 Å². The van der Waals surface area contributed by atoms with Crippen LogP contribution in [-0.2, 0) is 9.59 Å². The van der Waals surface area contributed by atoms with Crippen LogP contribution >= 0.6 is 0 Å². The van der Waals surface area contributed by atoms with Crippen LogP contribution in [0.1, 0.15) is 20.8 Å². The summed E-state index contributed by atoms with van der Waals surface area (Å²) in [6.07, 6.45) is -1.25. The summed E-state index contributed by atoms with van der Waals surface area (Å²) in [5, 5.41) is 22.5. The van der Waals surface area contributed by atoms with Crippen LogP contribution < -0.4 is 5.32 Å². The Kier molecular flexibility index (Phi) is 5.59. The van der Waals surface area contributed by atoms with Gasteiger partial charge in [0, 0.05) is 0 Å². The van der Waals surface area contributed by atoms with Gasteiger partial charge in [-0.2, -0.15) is 0 Å². The highest BCUT2D eigenvalue weighted by molar-refractivity contribution is 5.87. The second-order valence-corrected chi connectivity index (χ2v) is 3.86. The zero-order valence-electron chi connectivity index (χ0n) is 9.38. The molecule has 0 unspecified atom stereocenters. The molecule has 0 aromatic heterocycles. The van der Waals surface area contributed by atoms with Crippen LogP contribution in [0.3, 0.4) is 0 Å². The average molecular weight is 232 g/mol. The molecule has 0 radical (unpaired) electrons. The Labute approximate surface area is 92.8 Å². The van der Waals surface area contributed by atoms with Gasteiger partial charge in [0.25, 0.3) is 0 Å². The minimum Gasteiger partial charge on any atom is -0.480 e. The van der Waals surface area contributed by atoms with E-state index in [1.165, 1.54) is 6.92 Å². The summed E-state index contributed by atoms with van der Waals surface area (Å²) in [5.74, 6) is -2.49. The molecule has 0 aliphatic carbocycles. The van der Waals surface area contributed by atoms with E-state index in [9.17, 15) is 14.5 Å². The Hall–Kier alpha value is -1.50. The lowest BCUT2D eigenvalue weighted by atomic mass is 10.0. The van der Waals surface area contributed by atoms with Crippen LogP contribution in [0.5, 0.6) is 0 Å². The van der Waals surface area contributed by atoms with Gasteiger partial charge in [-0.3, -0.25) is 4.79 Å². The molecule has 7 nitrogen and oxygen atoms in total. The van der Waals surface area contributed by atoms with Crippen molar-refractivity contribution in [2.45, 2.75) is 39.0 Å². The maximum Gasteiger partial charge on any atom is 0.328 e. The molecule has 0 fully saturated rings. The van der Waals surface area contributed by atoms with Crippen molar-refractivity contribution in [1.82, 2.24) is 5.32 Å². The molecule has 0 saturated heterocycles. The lowest BCUT2D eigenvalue weighted by Gasteiger charge is -2.19. The molecule has 7 heteroatoms. The van der Waals surface area contributed by atoms with E-state index in [0.717, 1.165) is 0 Å². The molecular weight excluding hydrogens is 216 g/mol.